The summed E-state index contributed by atoms with van der Waals surface area (Å²) in [6, 6.07) is -0.111. The molecule has 0 saturated heterocycles. The van der Waals surface area contributed by atoms with Gasteiger partial charge in [0.1, 0.15) is 5.69 Å². The Morgan fingerprint density at radius 3 is 2.78 bits per heavy atom. The van der Waals surface area contributed by atoms with Crippen molar-refractivity contribution in [3.63, 3.8) is 0 Å². The topological polar surface area (TPSA) is 74.3 Å². The molecular weight excluding hydrogens is 232 g/mol. The molecule has 6 heteroatoms. The monoisotopic (exact) mass is 256 g/mol. The van der Waals surface area contributed by atoms with Gasteiger partial charge in [0.15, 0.2) is 5.75 Å². The number of ether oxygens (including phenoxy) is 2. The maximum absolute atomic E-state index is 5.61. The van der Waals surface area contributed by atoms with Crippen molar-refractivity contribution in [1.29, 1.82) is 0 Å². The van der Waals surface area contributed by atoms with Gasteiger partial charge >= 0.3 is 0 Å². The van der Waals surface area contributed by atoms with Crippen molar-refractivity contribution in [2.45, 2.75) is 39.3 Å². The van der Waals surface area contributed by atoms with Crippen molar-refractivity contribution in [2.24, 2.45) is 5.84 Å². The summed E-state index contributed by atoms with van der Waals surface area (Å²) < 4.78 is 12.8. The minimum absolute atomic E-state index is 0.111. The van der Waals surface area contributed by atoms with E-state index in [-0.39, 0.29) is 6.04 Å². The molecule has 6 nitrogen and oxygen atoms in total. The second-order valence-electron chi connectivity index (χ2n) is 4.12. The van der Waals surface area contributed by atoms with E-state index in [0.29, 0.717) is 6.61 Å². The number of methoxy groups -OCH3 is 1. The third-order valence-electron chi connectivity index (χ3n) is 2.66. The van der Waals surface area contributed by atoms with Gasteiger partial charge in [0.05, 0.1) is 26.0 Å². The number of aryl methyl sites for hydroxylation is 1. The quantitative estimate of drug-likeness (QED) is 0.395. The number of nitrogens with one attached hydrogen (secondary N) is 1. The van der Waals surface area contributed by atoms with Gasteiger partial charge in [0.25, 0.3) is 0 Å². The molecule has 0 saturated carbocycles. The zero-order valence-electron chi connectivity index (χ0n) is 11.5. The summed E-state index contributed by atoms with van der Waals surface area (Å²) in [6.07, 6.45) is 3.71. The number of hydrogen-bond donors (Lipinski definition) is 2. The van der Waals surface area contributed by atoms with Crippen molar-refractivity contribution in [1.82, 2.24) is 15.2 Å². The Labute approximate surface area is 108 Å². The van der Waals surface area contributed by atoms with Gasteiger partial charge in [0, 0.05) is 13.2 Å². The molecule has 18 heavy (non-hydrogen) atoms. The highest BCUT2D eigenvalue weighted by Gasteiger charge is 2.20. The summed E-state index contributed by atoms with van der Waals surface area (Å²) in [4.78, 5) is 0. The van der Waals surface area contributed by atoms with E-state index in [9.17, 15) is 0 Å². The SMILES string of the molecule is CCCOCC(NN)c1c(OC)cnn1CCC. The van der Waals surface area contributed by atoms with Crippen LogP contribution in [0.2, 0.25) is 0 Å². The van der Waals surface area contributed by atoms with Crippen LogP contribution in [0.4, 0.5) is 0 Å². The van der Waals surface area contributed by atoms with E-state index in [1.807, 2.05) is 4.68 Å². The number of nitrogens with zero attached hydrogens (tertiary/aromatic N) is 2. The third-order valence-corrected chi connectivity index (χ3v) is 2.66. The first-order valence-electron chi connectivity index (χ1n) is 6.41. The summed E-state index contributed by atoms with van der Waals surface area (Å²) in [5.41, 5.74) is 3.71. The highest BCUT2D eigenvalue weighted by Crippen LogP contribution is 2.25. The number of hydrazine groups is 1. The Hall–Kier alpha value is -1.11. The predicted octanol–water partition coefficient (Wildman–Crippen LogP) is 1.23. The molecule has 0 radical (unpaired) electrons. The second-order valence-corrected chi connectivity index (χ2v) is 4.12. The lowest BCUT2D eigenvalue weighted by atomic mass is 10.2. The molecule has 0 aliphatic rings. The molecule has 1 heterocycles. The lowest BCUT2D eigenvalue weighted by Gasteiger charge is -2.18. The van der Waals surface area contributed by atoms with E-state index in [1.54, 1.807) is 13.3 Å². The summed E-state index contributed by atoms with van der Waals surface area (Å²) in [7, 11) is 1.64. The van der Waals surface area contributed by atoms with Crippen LogP contribution in [0, 0.1) is 0 Å². The fourth-order valence-corrected chi connectivity index (χ4v) is 1.83. The van der Waals surface area contributed by atoms with E-state index in [2.05, 4.69) is 24.4 Å². The molecule has 1 unspecified atom stereocenters. The van der Waals surface area contributed by atoms with E-state index < -0.39 is 0 Å². The van der Waals surface area contributed by atoms with Crippen LogP contribution in [0.1, 0.15) is 38.4 Å². The van der Waals surface area contributed by atoms with Crippen LogP contribution in [-0.4, -0.2) is 30.1 Å². The molecule has 0 fully saturated rings. The average molecular weight is 256 g/mol. The van der Waals surface area contributed by atoms with E-state index >= 15 is 0 Å². The fraction of sp³-hybridized carbons (Fsp3) is 0.750. The molecular formula is C12H24N4O2. The van der Waals surface area contributed by atoms with E-state index in [0.717, 1.165) is 37.4 Å². The van der Waals surface area contributed by atoms with Gasteiger partial charge in [-0.15, -0.1) is 0 Å². The van der Waals surface area contributed by atoms with Crippen molar-refractivity contribution in [3.05, 3.63) is 11.9 Å². The number of rotatable bonds is 9. The van der Waals surface area contributed by atoms with Crippen LogP contribution >= 0.6 is 0 Å². The Balaban J connectivity index is 2.83. The molecule has 0 aliphatic carbocycles. The molecule has 0 amide bonds. The lowest BCUT2D eigenvalue weighted by molar-refractivity contribution is 0.108. The number of nitrogens with two attached hydrogens (primary N) is 1. The summed E-state index contributed by atoms with van der Waals surface area (Å²) in [5.74, 6) is 6.35. The zero-order chi connectivity index (χ0) is 13.4. The first kappa shape index (κ1) is 14.9. The Kier molecular flexibility index (Phi) is 6.70. The number of hydrogen-bond acceptors (Lipinski definition) is 5. The Bertz CT molecular complexity index is 341. The van der Waals surface area contributed by atoms with Gasteiger partial charge in [0.2, 0.25) is 0 Å². The molecule has 0 aromatic carbocycles. The van der Waals surface area contributed by atoms with Gasteiger partial charge in [-0.3, -0.25) is 10.5 Å². The molecule has 104 valence electrons. The second kappa shape index (κ2) is 8.07. The van der Waals surface area contributed by atoms with Gasteiger partial charge in [-0.2, -0.15) is 5.10 Å². The van der Waals surface area contributed by atoms with Gasteiger partial charge < -0.3 is 9.47 Å². The van der Waals surface area contributed by atoms with Crippen LogP contribution in [0.3, 0.4) is 0 Å². The molecule has 0 aliphatic heterocycles. The first-order valence-corrected chi connectivity index (χ1v) is 6.41. The standard InChI is InChI=1S/C12H24N4O2/c1-4-6-16-12(11(17-3)8-14-16)10(15-13)9-18-7-5-2/h8,10,15H,4-7,9,13H2,1-3H3. The molecule has 1 rings (SSSR count). The van der Waals surface area contributed by atoms with Crippen LogP contribution in [0.5, 0.6) is 5.75 Å². The summed E-state index contributed by atoms with van der Waals surface area (Å²) in [6.45, 7) is 6.26. The highest BCUT2D eigenvalue weighted by molar-refractivity contribution is 5.28. The fourth-order valence-electron chi connectivity index (χ4n) is 1.83. The molecule has 1 atom stereocenters. The molecule has 0 spiro atoms. The molecule has 1 aromatic rings. The minimum Gasteiger partial charge on any atom is -0.493 e. The van der Waals surface area contributed by atoms with Gasteiger partial charge in [-0.1, -0.05) is 13.8 Å². The largest absolute Gasteiger partial charge is 0.493 e. The van der Waals surface area contributed by atoms with Crippen molar-refractivity contribution in [2.75, 3.05) is 20.3 Å². The third kappa shape index (κ3) is 3.69. The molecule has 1 aromatic heterocycles. The summed E-state index contributed by atoms with van der Waals surface area (Å²) >= 11 is 0. The van der Waals surface area contributed by atoms with Gasteiger partial charge in [-0.05, 0) is 12.8 Å². The summed E-state index contributed by atoms with van der Waals surface area (Å²) in [5, 5.41) is 4.31. The zero-order valence-corrected chi connectivity index (χ0v) is 11.5. The molecule has 3 N–H and O–H groups in total. The number of aromatic nitrogens is 2. The Morgan fingerprint density at radius 1 is 1.44 bits per heavy atom. The van der Waals surface area contributed by atoms with Crippen molar-refractivity contribution in [3.8, 4) is 5.75 Å². The minimum atomic E-state index is -0.111. The smallest absolute Gasteiger partial charge is 0.161 e. The van der Waals surface area contributed by atoms with Crippen LogP contribution in [-0.2, 0) is 11.3 Å². The maximum Gasteiger partial charge on any atom is 0.161 e. The molecule has 0 bridgehead atoms. The maximum atomic E-state index is 5.61. The van der Waals surface area contributed by atoms with Crippen molar-refractivity contribution >= 4 is 0 Å². The normalized spacial score (nSPS) is 12.7. The highest BCUT2D eigenvalue weighted by atomic mass is 16.5. The van der Waals surface area contributed by atoms with Crippen LogP contribution in [0.15, 0.2) is 6.20 Å². The van der Waals surface area contributed by atoms with Gasteiger partial charge in [-0.25, -0.2) is 5.43 Å². The first-order chi connectivity index (χ1) is 8.78. The Morgan fingerprint density at radius 2 is 2.22 bits per heavy atom. The lowest BCUT2D eigenvalue weighted by Crippen LogP contribution is -2.33. The van der Waals surface area contributed by atoms with E-state index in [1.165, 1.54) is 0 Å². The van der Waals surface area contributed by atoms with Crippen molar-refractivity contribution < 1.29 is 9.47 Å². The van der Waals surface area contributed by atoms with Crippen LogP contribution < -0.4 is 16.0 Å². The average Bonchev–Trinajstić information content (AvgIpc) is 2.78. The van der Waals surface area contributed by atoms with Crippen LogP contribution in [0.25, 0.3) is 0 Å². The van der Waals surface area contributed by atoms with E-state index in [4.69, 9.17) is 15.3 Å². The predicted molar refractivity (Wildman–Crippen MR) is 70.2 cm³/mol.